The van der Waals surface area contributed by atoms with Crippen molar-refractivity contribution in [2.75, 3.05) is 5.32 Å². The summed E-state index contributed by atoms with van der Waals surface area (Å²) in [7, 11) is 0. The summed E-state index contributed by atoms with van der Waals surface area (Å²) in [5.41, 5.74) is 4.91. The normalized spacial score (nSPS) is 11.0. The van der Waals surface area contributed by atoms with Crippen LogP contribution in [-0.4, -0.2) is 20.7 Å². The fraction of sp³-hybridized carbons (Fsp3) is 0.150. The summed E-state index contributed by atoms with van der Waals surface area (Å²) < 4.78 is 2.84. The van der Waals surface area contributed by atoms with Crippen molar-refractivity contribution in [3.05, 3.63) is 77.1 Å². The number of amides is 1. The van der Waals surface area contributed by atoms with Gasteiger partial charge in [0, 0.05) is 6.20 Å². The minimum Gasteiger partial charge on any atom is -0.298 e. The molecule has 0 radical (unpaired) electrons. The molecule has 0 saturated heterocycles. The van der Waals surface area contributed by atoms with Gasteiger partial charge in [-0.25, -0.2) is 4.98 Å². The monoisotopic (exact) mass is 362 g/mol. The van der Waals surface area contributed by atoms with Crippen molar-refractivity contribution in [2.45, 2.75) is 20.4 Å². The van der Waals surface area contributed by atoms with Gasteiger partial charge in [0.25, 0.3) is 5.91 Å². The summed E-state index contributed by atoms with van der Waals surface area (Å²) in [6.07, 6.45) is 3.34. The number of carbonyl (C=O) groups is 1. The quantitative estimate of drug-likeness (QED) is 0.585. The zero-order chi connectivity index (χ0) is 18.1. The zero-order valence-corrected chi connectivity index (χ0v) is 15.4. The second-order valence-electron chi connectivity index (χ2n) is 6.31. The lowest BCUT2D eigenvalue weighted by molar-refractivity contribution is 0.102. The maximum Gasteiger partial charge on any atom is 0.260 e. The van der Waals surface area contributed by atoms with E-state index in [1.165, 1.54) is 16.9 Å². The molecule has 0 spiro atoms. The van der Waals surface area contributed by atoms with Gasteiger partial charge in [0.15, 0.2) is 5.13 Å². The van der Waals surface area contributed by atoms with E-state index in [-0.39, 0.29) is 5.91 Å². The molecule has 2 aromatic heterocycles. The lowest BCUT2D eigenvalue weighted by Crippen LogP contribution is -2.10. The van der Waals surface area contributed by atoms with Gasteiger partial charge in [0.05, 0.1) is 28.5 Å². The SMILES string of the molecule is Cc1cc(C)c2nc(NC(=O)c3cnn(Cc4ccccc4)c3)sc2c1. The van der Waals surface area contributed by atoms with Crippen LogP contribution in [0.2, 0.25) is 0 Å². The number of nitrogens with zero attached hydrogens (tertiary/aromatic N) is 3. The van der Waals surface area contributed by atoms with Crippen molar-refractivity contribution in [2.24, 2.45) is 0 Å². The number of anilines is 1. The summed E-state index contributed by atoms with van der Waals surface area (Å²) in [6.45, 7) is 4.73. The second kappa shape index (κ2) is 6.72. The van der Waals surface area contributed by atoms with E-state index in [4.69, 9.17) is 0 Å². The van der Waals surface area contributed by atoms with Crippen LogP contribution >= 0.6 is 11.3 Å². The maximum atomic E-state index is 12.5. The third kappa shape index (κ3) is 3.36. The van der Waals surface area contributed by atoms with Gasteiger partial charge in [-0.2, -0.15) is 5.10 Å². The molecule has 4 aromatic rings. The molecule has 0 saturated carbocycles. The van der Waals surface area contributed by atoms with Gasteiger partial charge < -0.3 is 0 Å². The first-order valence-corrected chi connectivity index (χ1v) is 9.15. The Kier molecular flexibility index (Phi) is 4.26. The third-order valence-corrected chi connectivity index (χ3v) is 5.05. The number of benzene rings is 2. The molecule has 2 aromatic carbocycles. The predicted octanol–water partition coefficient (Wildman–Crippen LogP) is 4.41. The highest BCUT2D eigenvalue weighted by Gasteiger charge is 2.13. The Morgan fingerprint density at radius 2 is 2.00 bits per heavy atom. The van der Waals surface area contributed by atoms with Crippen LogP contribution in [0.25, 0.3) is 10.2 Å². The number of fused-ring (bicyclic) bond motifs is 1. The molecule has 0 atom stereocenters. The molecule has 26 heavy (non-hydrogen) atoms. The molecule has 5 nitrogen and oxygen atoms in total. The van der Waals surface area contributed by atoms with E-state index in [1.54, 1.807) is 17.1 Å². The van der Waals surface area contributed by atoms with E-state index >= 15 is 0 Å². The van der Waals surface area contributed by atoms with Crippen molar-refractivity contribution in [3.8, 4) is 0 Å². The summed E-state index contributed by atoms with van der Waals surface area (Å²) in [5.74, 6) is -0.197. The minimum absolute atomic E-state index is 0.197. The Morgan fingerprint density at radius 3 is 2.81 bits per heavy atom. The number of thiazole rings is 1. The topological polar surface area (TPSA) is 59.8 Å². The van der Waals surface area contributed by atoms with Crippen molar-refractivity contribution < 1.29 is 4.79 Å². The van der Waals surface area contributed by atoms with Gasteiger partial charge in [-0.1, -0.05) is 47.7 Å². The van der Waals surface area contributed by atoms with E-state index in [9.17, 15) is 4.79 Å². The van der Waals surface area contributed by atoms with Gasteiger partial charge in [0.2, 0.25) is 0 Å². The fourth-order valence-electron chi connectivity index (χ4n) is 2.93. The van der Waals surface area contributed by atoms with Gasteiger partial charge >= 0.3 is 0 Å². The van der Waals surface area contributed by atoms with Crippen LogP contribution in [0.3, 0.4) is 0 Å². The number of hydrogen-bond donors (Lipinski definition) is 1. The van der Waals surface area contributed by atoms with Crippen molar-refractivity contribution in [3.63, 3.8) is 0 Å². The van der Waals surface area contributed by atoms with Crippen molar-refractivity contribution in [1.29, 1.82) is 0 Å². The molecule has 2 heterocycles. The molecule has 1 N–H and O–H groups in total. The second-order valence-corrected chi connectivity index (χ2v) is 7.34. The molecule has 130 valence electrons. The van der Waals surface area contributed by atoms with Crippen LogP contribution in [-0.2, 0) is 6.54 Å². The lowest BCUT2D eigenvalue weighted by Gasteiger charge is -2.01. The van der Waals surface area contributed by atoms with E-state index in [0.29, 0.717) is 17.2 Å². The molecule has 1 amide bonds. The maximum absolute atomic E-state index is 12.5. The van der Waals surface area contributed by atoms with Crippen LogP contribution in [0.1, 0.15) is 27.0 Å². The van der Waals surface area contributed by atoms with E-state index in [0.717, 1.165) is 21.3 Å². The van der Waals surface area contributed by atoms with Gasteiger partial charge in [0.1, 0.15) is 0 Å². The Balaban J connectivity index is 1.51. The molecule has 0 aliphatic rings. The number of nitrogens with one attached hydrogen (secondary N) is 1. The van der Waals surface area contributed by atoms with Crippen molar-refractivity contribution >= 4 is 32.6 Å². The number of aryl methyl sites for hydroxylation is 2. The smallest absolute Gasteiger partial charge is 0.260 e. The average Bonchev–Trinajstić information content (AvgIpc) is 3.22. The van der Waals surface area contributed by atoms with Crippen LogP contribution in [0, 0.1) is 13.8 Å². The molecule has 6 heteroatoms. The predicted molar refractivity (Wildman–Crippen MR) is 105 cm³/mol. The highest BCUT2D eigenvalue weighted by molar-refractivity contribution is 7.22. The first kappa shape index (κ1) is 16.5. The summed E-state index contributed by atoms with van der Waals surface area (Å²) in [6, 6.07) is 14.2. The Hall–Kier alpha value is -2.99. The van der Waals surface area contributed by atoms with Gasteiger partial charge in [-0.05, 0) is 36.6 Å². The first-order chi connectivity index (χ1) is 12.6. The summed E-state index contributed by atoms with van der Waals surface area (Å²) in [5, 5.41) is 7.77. The summed E-state index contributed by atoms with van der Waals surface area (Å²) in [4.78, 5) is 17.1. The Labute approximate surface area is 155 Å². The minimum atomic E-state index is -0.197. The molecule has 0 fully saturated rings. The van der Waals surface area contributed by atoms with E-state index in [1.807, 2.05) is 37.3 Å². The number of carbonyl (C=O) groups excluding carboxylic acids is 1. The zero-order valence-electron chi connectivity index (χ0n) is 14.6. The first-order valence-electron chi connectivity index (χ1n) is 8.34. The summed E-state index contributed by atoms with van der Waals surface area (Å²) >= 11 is 1.49. The van der Waals surface area contributed by atoms with Crippen LogP contribution in [0.4, 0.5) is 5.13 Å². The van der Waals surface area contributed by atoms with E-state index in [2.05, 4.69) is 34.5 Å². The number of hydrogen-bond acceptors (Lipinski definition) is 4. The highest BCUT2D eigenvalue weighted by Crippen LogP contribution is 2.29. The lowest BCUT2D eigenvalue weighted by atomic mass is 10.1. The highest BCUT2D eigenvalue weighted by atomic mass is 32.1. The fourth-order valence-corrected chi connectivity index (χ4v) is 3.97. The molecule has 4 rings (SSSR count). The molecule has 0 unspecified atom stereocenters. The standard InChI is InChI=1S/C20H18N4OS/c1-13-8-14(2)18-17(9-13)26-20(22-18)23-19(25)16-10-21-24(12-16)11-15-6-4-3-5-7-15/h3-10,12H,11H2,1-2H3,(H,22,23,25). The van der Waals surface area contributed by atoms with Gasteiger partial charge in [-0.15, -0.1) is 0 Å². The largest absolute Gasteiger partial charge is 0.298 e. The molecular formula is C20H18N4OS. The third-order valence-electron chi connectivity index (χ3n) is 4.13. The molecule has 0 aliphatic heterocycles. The van der Waals surface area contributed by atoms with Crippen LogP contribution in [0.15, 0.2) is 54.9 Å². The van der Waals surface area contributed by atoms with E-state index < -0.39 is 0 Å². The number of rotatable bonds is 4. The molecule has 0 bridgehead atoms. The number of aromatic nitrogens is 3. The molecular weight excluding hydrogens is 344 g/mol. The Morgan fingerprint density at radius 1 is 1.19 bits per heavy atom. The average molecular weight is 362 g/mol. The molecule has 0 aliphatic carbocycles. The van der Waals surface area contributed by atoms with Crippen LogP contribution < -0.4 is 5.32 Å². The Bertz CT molecular complexity index is 1080. The van der Waals surface area contributed by atoms with Gasteiger partial charge in [-0.3, -0.25) is 14.8 Å². The van der Waals surface area contributed by atoms with Crippen LogP contribution in [0.5, 0.6) is 0 Å². The van der Waals surface area contributed by atoms with Crippen molar-refractivity contribution in [1.82, 2.24) is 14.8 Å².